The molecule has 0 aromatic rings. The molecular formula is C6H3NO3S. The number of rotatable bonds is 0. The molecule has 4 nitrogen and oxygen atoms in total. The van der Waals surface area contributed by atoms with Crippen LogP contribution in [0.25, 0.3) is 0 Å². The number of ether oxygens (including phenoxy) is 1. The van der Waals surface area contributed by atoms with Crippen molar-refractivity contribution in [3.05, 3.63) is 11.6 Å². The predicted molar refractivity (Wildman–Crippen MR) is 39.1 cm³/mol. The lowest BCUT2D eigenvalue weighted by Gasteiger charge is -2.08. The second kappa shape index (κ2) is 2.20. The van der Waals surface area contributed by atoms with Gasteiger partial charge in [-0.25, -0.2) is 9.79 Å². The Bertz CT molecular complexity index is 305. The first-order valence-corrected chi connectivity index (χ1v) is 3.74. The van der Waals surface area contributed by atoms with Gasteiger partial charge in [-0.3, -0.25) is 4.79 Å². The number of cyclic esters (lactones) is 1. The topological polar surface area (TPSA) is 55.7 Å². The predicted octanol–water partition coefficient (Wildman–Crippen LogP) is 0.0990. The van der Waals surface area contributed by atoms with Gasteiger partial charge in [0, 0.05) is 6.08 Å². The summed E-state index contributed by atoms with van der Waals surface area (Å²) in [5, 5.41) is 0.337. The zero-order valence-electron chi connectivity index (χ0n) is 5.36. The van der Waals surface area contributed by atoms with Crippen LogP contribution >= 0.6 is 11.8 Å². The molecule has 0 atom stereocenters. The summed E-state index contributed by atoms with van der Waals surface area (Å²) in [4.78, 5) is 25.5. The zero-order chi connectivity index (χ0) is 7.84. The summed E-state index contributed by atoms with van der Waals surface area (Å²) in [7, 11) is 0. The molecule has 0 fully saturated rings. The van der Waals surface area contributed by atoms with E-state index in [1.165, 1.54) is 6.08 Å². The summed E-state index contributed by atoms with van der Waals surface area (Å²) in [5.74, 6) is -0.451. The summed E-state index contributed by atoms with van der Waals surface area (Å²) in [6, 6.07) is 0. The molecule has 0 saturated heterocycles. The summed E-state index contributed by atoms with van der Waals surface area (Å²) in [5.41, 5.74) is 0.297. The molecule has 0 bridgehead atoms. The number of fused-ring (bicyclic) bond motifs is 1. The first-order valence-electron chi connectivity index (χ1n) is 2.93. The van der Waals surface area contributed by atoms with E-state index in [4.69, 9.17) is 0 Å². The van der Waals surface area contributed by atoms with Gasteiger partial charge in [-0.2, -0.15) is 0 Å². The van der Waals surface area contributed by atoms with Crippen molar-refractivity contribution >= 4 is 27.9 Å². The maximum Gasteiger partial charge on any atom is 0.342 e. The second-order valence-corrected chi connectivity index (χ2v) is 3.00. The van der Waals surface area contributed by atoms with Gasteiger partial charge in [0.1, 0.15) is 5.04 Å². The molecule has 0 aliphatic carbocycles. The van der Waals surface area contributed by atoms with Crippen LogP contribution in [0.4, 0.5) is 0 Å². The highest BCUT2D eigenvalue weighted by atomic mass is 32.2. The van der Waals surface area contributed by atoms with Crippen LogP contribution in [-0.4, -0.2) is 22.9 Å². The van der Waals surface area contributed by atoms with Gasteiger partial charge in [-0.1, -0.05) is 0 Å². The molecule has 2 heterocycles. The van der Waals surface area contributed by atoms with Crippen molar-refractivity contribution in [2.75, 3.05) is 6.73 Å². The lowest BCUT2D eigenvalue weighted by Crippen LogP contribution is -2.17. The first-order chi connectivity index (χ1) is 5.27. The van der Waals surface area contributed by atoms with Crippen LogP contribution in [0, 0.1) is 0 Å². The molecule has 0 N–H and O–H groups in total. The minimum atomic E-state index is -0.451. The fraction of sp³-hybridized carbons (Fsp3) is 0.167. The van der Waals surface area contributed by atoms with Crippen LogP contribution in [0.3, 0.4) is 0 Å². The van der Waals surface area contributed by atoms with E-state index in [2.05, 4.69) is 9.73 Å². The molecule has 11 heavy (non-hydrogen) atoms. The smallest absolute Gasteiger partial charge is 0.342 e. The van der Waals surface area contributed by atoms with Crippen molar-refractivity contribution in [3.8, 4) is 0 Å². The fourth-order valence-electron chi connectivity index (χ4n) is 0.850. The van der Waals surface area contributed by atoms with Crippen LogP contribution in [-0.2, 0) is 14.3 Å². The summed E-state index contributed by atoms with van der Waals surface area (Å²) >= 11 is 0.971. The van der Waals surface area contributed by atoms with Crippen LogP contribution in [0.15, 0.2) is 16.6 Å². The first kappa shape index (κ1) is 6.60. The Morgan fingerprint density at radius 3 is 3.09 bits per heavy atom. The highest BCUT2D eigenvalue weighted by Gasteiger charge is 2.30. The molecule has 0 aromatic heterocycles. The van der Waals surface area contributed by atoms with Gasteiger partial charge >= 0.3 is 5.97 Å². The van der Waals surface area contributed by atoms with Crippen molar-refractivity contribution in [2.45, 2.75) is 0 Å². The SMILES string of the molecule is O=C1C=C2C(=O)OCN=C2S1. The Morgan fingerprint density at radius 2 is 2.36 bits per heavy atom. The molecule has 0 unspecified atom stereocenters. The third-order valence-corrected chi connectivity index (χ3v) is 2.17. The highest BCUT2D eigenvalue weighted by Crippen LogP contribution is 2.26. The molecule has 0 saturated carbocycles. The maximum absolute atomic E-state index is 10.9. The Kier molecular flexibility index (Phi) is 1.32. The molecule has 0 radical (unpaired) electrons. The van der Waals surface area contributed by atoms with Gasteiger partial charge < -0.3 is 4.74 Å². The van der Waals surface area contributed by atoms with E-state index in [1.807, 2.05) is 0 Å². The number of nitrogens with zero attached hydrogens (tertiary/aromatic N) is 1. The number of hydrogen-bond donors (Lipinski definition) is 0. The van der Waals surface area contributed by atoms with Crippen LogP contribution in [0.1, 0.15) is 0 Å². The molecule has 2 aliphatic rings. The van der Waals surface area contributed by atoms with Crippen molar-refractivity contribution in [2.24, 2.45) is 4.99 Å². The van der Waals surface area contributed by atoms with E-state index >= 15 is 0 Å². The number of carbonyl (C=O) groups excluding carboxylic acids is 2. The van der Waals surface area contributed by atoms with Gasteiger partial charge in [0.05, 0.1) is 5.57 Å². The minimum absolute atomic E-state index is 0.0335. The molecule has 5 heteroatoms. The number of thioether (sulfide) groups is 1. The van der Waals surface area contributed by atoms with Gasteiger partial charge in [0.15, 0.2) is 6.73 Å². The van der Waals surface area contributed by atoms with Crippen LogP contribution in [0.2, 0.25) is 0 Å². The van der Waals surface area contributed by atoms with Crippen molar-refractivity contribution in [1.82, 2.24) is 0 Å². The molecule has 0 amide bonds. The quantitative estimate of drug-likeness (QED) is 0.482. The molecule has 2 rings (SSSR count). The monoisotopic (exact) mass is 169 g/mol. The highest BCUT2D eigenvalue weighted by molar-refractivity contribution is 8.27. The normalized spacial score (nSPS) is 22.2. The number of esters is 1. The third-order valence-electron chi connectivity index (χ3n) is 1.31. The average Bonchev–Trinajstić information content (AvgIpc) is 2.31. The summed E-state index contributed by atoms with van der Waals surface area (Å²) in [6.45, 7) is 0.0335. The van der Waals surface area contributed by atoms with Crippen LogP contribution in [0.5, 0.6) is 0 Å². The van der Waals surface area contributed by atoms with E-state index in [9.17, 15) is 9.59 Å². The summed E-state index contributed by atoms with van der Waals surface area (Å²) < 4.78 is 4.58. The van der Waals surface area contributed by atoms with Crippen molar-refractivity contribution in [3.63, 3.8) is 0 Å². The molecule has 2 aliphatic heterocycles. The van der Waals surface area contributed by atoms with Gasteiger partial charge in [0.2, 0.25) is 5.12 Å². The van der Waals surface area contributed by atoms with E-state index in [-0.39, 0.29) is 11.8 Å². The van der Waals surface area contributed by atoms with Gasteiger partial charge in [-0.15, -0.1) is 0 Å². The van der Waals surface area contributed by atoms with Crippen molar-refractivity contribution < 1.29 is 14.3 Å². The average molecular weight is 169 g/mol. The number of carbonyl (C=O) groups is 2. The molecule has 56 valence electrons. The standard InChI is InChI=1S/C6H3NO3S/c8-4-1-3-5(11-4)7-2-10-6(3)9/h1H,2H2. The Labute approximate surface area is 66.3 Å². The molecular weight excluding hydrogens is 166 g/mol. The Morgan fingerprint density at radius 1 is 1.55 bits per heavy atom. The number of hydrogen-bond acceptors (Lipinski definition) is 5. The van der Waals surface area contributed by atoms with E-state index in [0.717, 1.165) is 11.8 Å². The van der Waals surface area contributed by atoms with E-state index in [1.54, 1.807) is 0 Å². The van der Waals surface area contributed by atoms with E-state index in [0.29, 0.717) is 10.6 Å². The van der Waals surface area contributed by atoms with Gasteiger partial charge in [0.25, 0.3) is 0 Å². The Hall–Kier alpha value is -1.10. The molecule has 0 aromatic carbocycles. The lowest BCUT2D eigenvalue weighted by atomic mass is 10.3. The fourth-order valence-corrected chi connectivity index (χ4v) is 1.59. The summed E-state index contributed by atoms with van der Waals surface area (Å²) in [6.07, 6.45) is 1.25. The molecule has 0 spiro atoms. The zero-order valence-corrected chi connectivity index (χ0v) is 6.18. The maximum atomic E-state index is 10.9. The lowest BCUT2D eigenvalue weighted by molar-refractivity contribution is -0.138. The third kappa shape index (κ3) is 0.970. The largest absolute Gasteiger partial charge is 0.439 e. The Balaban J connectivity index is 2.46. The van der Waals surface area contributed by atoms with Gasteiger partial charge in [-0.05, 0) is 11.8 Å². The van der Waals surface area contributed by atoms with E-state index < -0.39 is 5.97 Å². The van der Waals surface area contributed by atoms with Crippen LogP contribution < -0.4 is 0 Å². The van der Waals surface area contributed by atoms with Crippen molar-refractivity contribution in [1.29, 1.82) is 0 Å². The second-order valence-electron chi connectivity index (χ2n) is 2.00. The minimum Gasteiger partial charge on any atom is -0.439 e. The number of aliphatic imine (C=N–C) groups is 1.